The molecule has 3 aromatic carbocycles. The van der Waals surface area contributed by atoms with Gasteiger partial charge in [-0.2, -0.15) is 0 Å². The zero-order chi connectivity index (χ0) is 22.3. The number of ether oxygens (including phenoxy) is 1. The second kappa shape index (κ2) is 9.96. The molecule has 0 fully saturated rings. The van der Waals surface area contributed by atoms with Gasteiger partial charge in [0.05, 0.1) is 13.7 Å². The molecule has 4 rings (SSSR count). The Morgan fingerprint density at radius 2 is 1.66 bits per heavy atom. The fraction of sp³-hybridized carbons (Fsp3) is 0.148. The van der Waals surface area contributed by atoms with Gasteiger partial charge in [-0.1, -0.05) is 48.5 Å². The predicted molar refractivity (Wildman–Crippen MR) is 123 cm³/mol. The first kappa shape index (κ1) is 21.4. The highest BCUT2D eigenvalue weighted by atomic mass is 19.1. The second-order valence-corrected chi connectivity index (χ2v) is 7.63. The van der Waals surface area contributed by atoms with Crippen molar-refractivity contribution in [3.05, 3.63) is 125 Å². The minimum Gasteiger partial charge on any atom is -0.497 e. The van der Waals surface area contributed by atoms with Crippen molar-refractivity contribution in [2.45, 2.75) is 19.6 Å². The van der Waals surface area contributed by atoms with E-state index in [1.807, 2.05) is 65.7 Å². The third-order valence-electron chi connectivity index (χ3n) is 5.36. The molecule has 0 saturated heterocycles. The van der Waals surface area contributed by atoms with Gasteiger partial charge in [0.25, 0.3) is 5.91 Å². The third-order valence-corrected chi connectivity index (χ3v) is 5.36. The van der Waals surface area contributed by atoms with E-state index in [1.54, 1.807) is 31.4 Å². The minimum atomic E-state index is -0.251. The minimum absolute atomic E-state index is 0.0673. The number of benzene rings is 3. The lowest BCUT2D eigenvalue weighted by molar-refractivity contribution is 0.0726. The highest BCUT2D eigenvalue weighted by Gasteiger charge is 2.19. The van der Waals surface area contributed by atoms with Gasteiger partial charge in [0.15, 0.2) is 0 Å². The van der Waals surface area contributed by atoms with Crippen molar-refractivity contribution in [3.8, 4) is 5.75 Å². The average Bonchev–Trinajstić information content (AvgIpc) is 3.26. The van der Waals surface area contributed by atoms with Crippen LogP contribution in [-0.4, -0.2) is 22.5 Å². The van der Waals surface area contributed by atoms with Crippen LogP contribution >= 0.6 is 0 Å². The van der Waals surface area contributed by atoms with E-state index in [0.717, 1.165) is 16.8 Å². The van der Waals surface area contributed by atoms with E-state index in [-0.39, 0.29) is 11.7 Å². The Kier molecular flexibility index (Phi) is 6.66. The number of hydrogen-bond donors (Lipinski definition) is 0. The molecule has 0 saturated carbocycles. The maximum atomic E-state index is 13.5. The van der Waals surface area contributed by atoms with Crippen LogP contribution in [0.4, 0.5) is 4.39 Å². The molecular formula is C27H25FN2O2. The van der Waals surface area contributed by atoms with Crippen molar-refractivity contribution in [1.82, 2.24) is 9.47 Å². The van der Waals surface area contributed by atoms with Gasteiger partial charge in [-0.3, -0.25) is 4.79 Å². The summed E-state index contributed by atoms with van der Waals surface area (Å²) in [5, 5.41) is 0. The summed E-state index contributed by atoms with van der Waals surface area (Å²) in [5.41, 5.74) is 3.64. The molecule has 162 valence electrons. The van der Waals surface area contributed by atoms with Crippen LogP contribution in [0, 0.1) is 5.82 Å². The quantitative estimate of drug-likeness (QED) is 0.370. The number of nitrogens with zero attached hydrogens (tertiary/aromatic N) is 2. The maximum absolute atomic E-state index is 13.5. The second-order valence-electron chi connectivity index (χ2n) is 7.63. The summed E-state index contributed by atoms with van der Waals surface area (Å²) in [6.45, 7) is 1.53. The van der Waals surface area contributed by atoms with Gasteiger partial charge in [-0.25, -0.2) is 4.39 Å². The first-order valence-corrected chi connectivity index (χ1v) is 10.5. The summed E-state index contributed by atoms with van der Waals surface area (Å²) in [7, 11) is 1.59. The van der Waals surface area contributed by atoms with Gasteiger partial charge in [0, 0.05) is 30.5 Å². The van der Waals surface area contributed by atoms with Crippen molar-refractivity contribution >= 4 is 5.91 Å². The molecule has 0 N–H and O–H groups in total. The van der Waals surface area contributed by atoms with E-state index >= 15 is 0 Å². The summed E-state index contributed by atoms with van der Waals surface area (Å²) in [4.78, 5) is 15.3. The summed E-state index contributed by atoms with van der Waals surface area (Å²) < 4.78 is 20.7. The number of hydrogen-bond acceptors (Lipinski definition) is 2. The fourth-order valence-corrected chi connectivity index (χ4v) is 3.67. The molecule has 1 amide bonds. The molecule has 5 heteroatoms. The van der Waals surface area contributed by atoms with Gasteiger partial charge in [0.1, 0.15) is 11.6 Å². The van der Waals surface area contributed by atoms with Gasteiger partial charge in [-0.15, -0.1) is 0 Å². The van der Waals surface area contributed by atoms with E-state index < -0.39 is 0 Å². The molecule has 0 atom stereocenters. The highest BCUT2D eigenvalue weighted by molar-refractivity contribution is 5.94. The van der Waals surface area contributed by atoms with Crippen LogP contribution < -0.4 is 4.74 Å². The van der Waals surface area contributed by atoms with Crippen LogP contribution in [-0.2, 0) is 19.6 Å². The summed E-state index contributed by atoms with van der Waals surface area (Å²) in [5.74, 6) is 0.330. The Hall–Kier alpha value is -3.86. The fourth-order valence-electron chi connectivity index (χ4n) is 3.67. The van der Waals surface area contributed by atoms with E-state index in [2.05, 4.69) is 4.57 Å². The smallest absolute Gasteiger partial charge is 0.254 e. The molecule has 32 heavy (non-hydrogen) atoms. The maximum Gasteiger partial charge on any atom is 0.254 e. The van der Waals surface area contributed by atoms with E-state index in [0.29, 0.717) is 30.9 Å². The number of halogens is 1. The van der Waals surface area contributed by atoms with Gasteiger partial charge >= 0.3 is 0 Å². The van der Waals surface area contributed by atoms with E-state index in [9.17, 15) is 9.18 Å². The molecule has 0 aliphatic carbocycles. The number of carbonyl (C=O) groups is 1. The van der Waals surface area contributed by atoms with Gasteiger partial charge < -0.3 is 14.2 Å². The first-order valence-electron chi connectivity index (χ1n) is 10.5. The molecule has 0 spiro atoms. The number of aromatic nitrogens is 1. The monoisotopic (exact) mass is 428 g/mol. The SMILES string of the molecule is COc1cccc(C(=O)N(Cc2ccccc2)Cc2cccn2Cc2ccc(F)cc2)c1. The van der Waals surface area contributed by atoms with Crippen LogP contribution in [0.2, 0.25) is 0 Å². The molecule has 0 aliphatic heterocycles. The summed E-state index contributed by atoms with van der Waals surface area (Å²) >= 11 is 0. The highest BCUT2D eigenvalue weighted by Crippen LogP contribution is 2.19. The molecule has 1 aromatic heterocycles. The van der Waals surface area contributed by atoms with Crippen molar-refractivity contribution in [2.75, 3.05) is 7.11 Å². The van der Waals surface area contributed by atoms with E-state index in [1.165, 1.54) is 12.1 Å². The lowest BCUT2D eigenvalue weighted by Crippen LogP contribution is -2.31. The lowest BCUT2D eigenvalue weighted by Gasteiger charge is -2.24. The van der Waals surface area contributed by atoms with Gasteiger partial charge in [0.2, 0.25) is 0 Å². The van der Waals surface area contributed by atoms with Crippen molar-refractivity contribution in [3.63, 3.8) is 0 Å². The van der Waals surface area contributed by atoms with Crippen LogP contribution in [0.1, 0.15) is 27.2 Å². The standard InChI is InChI=1S/C27H25FN2O2/c1-32-26-11-5-9-23(17-26)27(31)30(19-21-7-3-2-4-8-21)20-25-10-6-16-29(25)18-22-12-14-24(28)15-13-22/h2-17H,18-20H2,1H3. The molecular weight excluding hydrogens is 403 g/mol. The van der Waals surface area contributed by atoms with Crippen LogP contribution in [0.5, 0.6) is 5.75 Å². The predicted octanol–water partition coefficient (Wildman–Crippen LogP) is 5.53. The summed E-state index contributed by atoms with van der Waals surface area (Å²) in [6, 6.07) is 27.6. The Balaban J connectivity index is 1.60. The molecule has 4 aromatic rings. The van der Waals surface area contributed by atoms with Crippen molar-refractivity contribution < 1.29 is 13.9 Å². The zero-order valence-corrected chi connectivity index (χ0v) is 17.9. The Bertz CT molecular complexity index is 1170. The van der Waals surface area contributed by atoms with Crippen molar-refractivity contribution in [1.29, 1.82) is 0 Å². The van der Waals surface area contributed by atoms with Crippen LogP contribution in [0.15, 0.2) is 97.2 Å². The van der Waals surface area contributed by atoms with Crippen LogP contribution in [0.25, 0.3) is 0 Å². The third kappa shape index (κ3) is 5.24. The zero-order valence-electron chi connectivity index (χ0n) is 17.9. The van der Waals surface area contributed by atoms with Crippen molar-refractivity contribution in [2.24, 2.45) is 0 Å². The number of rotatable bonds is 8. The average molecular weight is 429 g/mol. The molecule has 1 heterocycles. The Labute approximate surface area is 187 Å². The van der Waals surface area contributed by atoms with Crippen LogP contribution in [0.3, 0.4) is 0 Å². The molecule has 0 radical (unpaired) electrons. The molecule has 0 aliphatic rings. The van der Waals surface area contributed by atoms with Gasteiger partial charge in [-0.05, 0) is 53.6 Å². The Morgan fingerprint density at radius 3 is 2.41 bits per heavy atom. The topological polar surface area (TPSA) is 34.5 Å². The number of methoxy groups -OCH3 is 1. The van der Waals surface area contributed by atoms with E-state index in [4.69, 9.17) is 4.74 Å². The normalized spacial score (nSPS) is 10.7. The Morgan fingerprint density at radius 1 is 0.875 bits per heavy atom. The molecule has 0 unspecified atom stereocenters. The largest absolute Gasteiger partial charge is 0.497 e. The first-order chi connectivity index (χ1) is 15.6. The number of amides is 1. The lowest BCUT2D eigenvalue weighted by atomic mass is 10.1. The summed E-state index contributed by atoms with van der Waals surface area (Å²) in [6.07, 6.45) is 1.98. The number of carbonyl (C=O) groups excluding carboxylic acids is 1. The molecule has 4 nitrogen and oxygen atoms in total. The molecule has 0 bridgehead atoms.